The maximum absolute atomic E-state index is 12.2. The number of benzene rings is 1. The molecular formula is C11H14F2O2. The lowest BCUT2D eigenvalue weighted by Crippen LogP contribution is -2.21. The first kappa shape index (κ1) is 11.9. The van der Waals surface area contributed by atoms with Crippen LogP contribution < -0.4 is 4.74 Å². The lowest BCUT2D eigenvalue weighted by atomic mass is 10.1. The van der Waals surface area contributed by atoms with Gasteiger partial charge in [-0.25, -0.2) is 8.78 Å². The highest BCUT2D eigenvalue weighted by atomic mass is 19.1. The highest BCUT2D eigenvalue weighted by Gasteiger charge is 2.11. The minimum absolute atomic E-state index is 0.0588. The number of ether oxygens (including phenoxy) is 1. The fourth-order valence-electron chi connectivity index (χ4n) is 1.23. The molecule has 84 valence electrons. The van der Waals surface area contributed by atoms with Gasteiger partial charge in [0.1, 0.15) is 19.1 Å². The zero-order valence-corrected chi connectivity index (χ0v) is 8.54. The second-order valence-electron chi connectivity index (χ2n) is 3.31. The van der Waals surface area contributed by atoms with Crippen LogP contribution in [-0.2, 0) is 6.61 Å². The molecule has 0 radical (unpaired) electrons. The molecule has 0 aromatic heterocycles. The zero-order chi connectivity index (χ0) is 11.3. The van der Waals surface area contributed by atoms with Crippen molar-refractivity contribution in [3.63, 3.8) is 0 Å². The van der Waals surface area contributed by atoms with Crippen LogP contribution in [0.15, 0.2) is 18.2 Å². The average molecular weight is 216 g/mol. The second-order valence-corrected chi connectivity index (χ2v) is 3.31. The van der Waals surface area contributed by atoms with Gasteiger partial charge < -0.3 is 9.84 Å². The molecule has 1 aromatic carbocycles. The number of aliphatic hydroxyl groups is 1. The van der Waals surface area contributed by atoms with E-state index in [1.165, 1.54) is 0 Å². The zero-order valence-electron chi connectivity index (χ0n) is 8.54. The lowest BCUT2D eigenvalue weighted by molar-refractivity contribution is 0.133. The molecular weight excluding hydrogens is 202 g/mol. The number of hydrogen-bond acceptors (Lipinski definition) is 2. The van der Waals surface area contributed by atoms with E-state index in [4.69, 9.17) is 9.84 Å². The predicted octanol–water partition coefficient (Wildman–Crippen LogP) is 2.17. The van der Waals surface area contributed by atoms with E-state index < -0.39 is 19.5 Å². The normalized spacial score (nSPS) is 10.7. The number of aryl methyl sites for hydroxylation is 1. The van der Waals surface area contributed by atoms with Crippen LogP contribution in [0.4, 0.5) is 8.78 Å². The lowest BCUT2D eigenvalue weighted by Gasteiger charge is -2.15. The number of aliphatic hydroxyl groups excluding tert-OH is 1. The van der Waals surface area contributed by atoms with Gasteiger partial charge in [0.2, 0.25) is 0 Å². The van der Waals surface area contributed by atoms with Crippen molar-refractivity contribution >= 4 is 0 Å². The largest absolute Gasteiger partial charge is 0.485 e. The van der Waals surface area contributed by atoms with Gasteiger partial charge in [0, 0.05) is 0 Å². The summed E-state index contributed by atoms with van der Waals surface area (Å²) in [5.74, 6) is 0.451. The molecule has 0 aliphatic heterocycles. The SMILES string of the molecule is Cc1cc(CO)ccc1OC(CF)CF. The average Bonchev–Trinajstić information content (AvgIpc) is 2.27. The molecule has 0 aliphatic carbocycles. The first-order chi connectivity index (χ1) is 7.21. The monoisotopic (exact) mass is 216 g/mol. The summed E-state index contributed by atoms with van der Waals surface area (Å²) in [5.41, 5.74) is 1.50. The van der Waals surface area contributed by atoms with Crippen LogP contribution in [0, 0.1) is 6.92 Å². The second kappa shape index (κ2) is 5.66. The van der Waals surface area contributed by atoms with Crippen molar-refractivity contribution < 1.29 is 18.6 Å². The summed E-state index contributed by atoms with van der Waals surface area (Å²) < 4.78 is 29.5. The van der Waals surface area contributed by atoms with Gasteiger partial charge in [-0.05, 0) is 24.1 Å². The fraction of sp³-hybridized carbons (Fsp3) is 0.455. The minimum Gasteiger partial charge on any atom is -0.485 e. The highest BCUT2D eigenvalue weighted by molar-refractivity contribution is 5.36. The number of hydrogen-bond donors (Lipinski definition) is 1. The molecule has 0 saturated heterocycles. The Bertz CT molecular complexity index is 311. The van der Waals surface area contributed by atoms with Crippen LogP contribution >= 0.6 is 0 Å². The molecule has 1 N–H and O–H groups in total. The van der Waals surface area contributed by atoms with E-state index >= 15 is 0 Å². The van der Waals surface area contributed by atoms with Crippen molar-refractivity contribution in [2.45, 2.75) is 19.6 Å². The summed E-state index contributed by atoms with van der Waals surface area (Å²) in [6, 6.07) is 5.00. The van der Waals surface area contributed by atoms with Crippen molar-refractivity contribution in [2.24, 2.45) is 0 Å². The Morgan fingerprint density at radius 3 is 2.47 bits per heavy atom. The minimum atomic E-state index is -1.04. The molecule has 0 atom stereocenters. The molecule has 1 aromatic rings. The Kier molecular flexibility index (Phi) is 4.49. The van der Waals surface area contributed by atoms with E-state index in [2.05, 4.69) is 0 Å². The highest BCUT2D eigenvalue weighted by Crippen LogP contribution is 2.20. The summed E-state index contributed by atoms with van der Waals surface area (Å²) in [7, 11) is 0. The van der Waals surface area contributed by atoms with E-state index in [0.717, 1.165) is 11.1 Å². The third-order valence-corrected chi connectivity index (χ3v) is 2.06. The topological polar surface area (TPSA) is 29.5 Å². The molecule has 0 fully saturated rings. The smallest absolute Gasteiger partial charge is 0.155 e. The van der Waals surface area contributed by atoms with E-state index in [9.17, 15) is 8.78 Å². The molecule has 0 heterocycles. The third kappa shape index (κ3) is 3.16. The van der Waals surface area contributed by atoms with Crippen LogP contribution in [-0.4, -0.2) is 24.6 Å². The molecule has 0 saturated carbocycles. The Balaban J connectivity index is 2.77. The van der Waals surface area contributed by atoms with E-state index in [1.807, 2.05) is 0 Å². The van der Waals surface area contributed by atoms with E-state index in [1.54, 1.807) is 25.1 Å². The van der Waals surface area contributed by atoms with Crippen LogP contribution in [0.5, 0.6) is 5.75 Å². The fourth-order valence-corrected chi connectivity index (χ4v) is 1.23. The summed E-state index contributed by atoms with van der Waals surface area (Å²) in [5, 5.41) is 8.87. The number of halogens is 2. The molecule has 0 aliphatic rings. The maximum Gasteiger partial charge on any atom is 0.155 e. The van der Waals surface area contributed by atoms with Crippen molar-refractivity contribution in [2.75, 3.05) is 13.3 Å². The van der Waals surface area contributed by atoms with Gasteiger partial charge in [0.05, 0.1) is 6.61 Å². The van der Waals surface area contributed by atoms with Gasteiger partial charge in [0.25, 0.3) is 0 Å². The van der Waals surface area contributed by atoms with Crippen molar-refractivity contribution in [3.05, 3.63) is 29.3 Å². The van der Waals surface area contributed by atoms with Crippen molar-refractivity contribution in [1.82, 2.24) is 0 Å². The summed E-state index contributed by atoms with van der Waals surface area (Å²) in [6.45, 7) is 0.00811. The molecule has 4 heteroatoms. The van der Waals surface area contributed by atoms with Gasteiger partial charge >= 0.3 is 0 Å². The van der Waals surface area contributed by atoms with Gasteiger partial charge in [-0.3, -0.25) is 0 Å². The third-order valence-electron chi connectivity index (χ3n) is 2.06. The summed E-state index contributed by atoms with van der Waals surface area (Å²) in [6.07, 6.45) is -1.04. The van der Waals surface area contributed by atoms with Crippen LogP contribution in [0.1, 0.15) is 11.1 Å². The van der Waals surface area contributed by atoms with E-state index in [-0.39, 0.29) is 6.61 Å². The molecule has 0 bridgehead atoms. The van der Waals surface area contributed by atoms with Gasteiger partial charge in [0.15, 0.2) is 6.10 Å². The molecule has 0 spiro atoms. The molecule has 1 rings (SSSR count). The Hall–Kier alpha value is -1.16. The van der Waals surface area contributed by atoms with Gasteiger partial charge in [-0.2, -0.15) is 0 Å². The molecule has 2 nitrogen and oxygen atoms in total. The standard InChI is InChI=1S/C11H14F2O2/c1-8-4-9(7-14)2-3-11(8)15-10(5-12)6-13/h2-4,10,14H,5-7H2,1H3. The summed E-state index contributed by atoms with van der Waals surface area (Å²) >= 11 is 0. The Morgan fingerprint density at radius 2 is 2.00 bits per heavy atom. The van der Waals surface area contributed by atoms with E-state index in [0.29, 0.717) is 5.75 Å². The van der Waals surface area contributed by atoms with Crippen LogP contribution in [0.3, 0.4) is 0 Å². The summed E-state index contributed by atoms with van der Waals surface area (Å²) in [4.78, 5) is 0. The first-order valence-corrected chi connectivity index (χ1v) is 4.70. The quantitative estimate of drug-likeness (QED) is 0.817. The van der Waals surface area contributed by atoms with Gasteiger partial charge in [-0.1, -0.05) is 12.1 Å². The van der Waals surface area contributed by atoms with Gasteiger partial charge in [-0.15, -0.1) is 0 Å². The first-order valence-electron chi connectivity index (χ1n) is 4.70. The molecule has 0 unspecified atom stereocenters. The molecule has 0 amide bonds. The number of alkyl halides is 2. The van der Waals surface area contributed by atoms with Crippen LogP contribution in [0.25, 0.3) is 0 Å². The maximum atomic E-state index is 12.2. The number of rotatable bonds is 5. The Labute approximate surface area is 87.5 Å². The van der Waals surface area contributed by atoms with Crippen molar-refractivity contribution in [3.8, 4) is 5.75 Å². The van der Waals surface area contributed by atoms with Crippen molar-refractivity contribution in [1.29, 1.82) is 0 Å². The van der Waals surface area contributed by atoms with Crippen LogP contribution in [0.2, 0.25) is 0 Å². The molecule has 15 heavy (non-hydrogen) atoms. The Morgan fingerprint density at radius 1 is 1.33 bits per heavy atom. The predicted molar refractivity (Wildman–Crippen MR) is 53.5 cm³/mol.